The molecule has 1 aliphatic heterocycles. The van der Waals surface area contributed by atoms with Gasteiger partial charge in [0.15, 0.2) is 0 Å². The maximum absolute atomic E-state index is 13.7. The zero-order valence-corrected chi connectivity index (χ0v) is 21.6. The Labute approximate surface area is 220 Å². The first-order valence-corrected chi connectivity index (χ1v) is 12.8. The van der Waals surface area contributed by atoms with Gasteiger partial charge in [-0.25, -0.2) is 0 Å². The van der Waals surface area contributed by atoms with Crippen molar-refractivity contribution in [3.63, 3.8) is 0 Å². The summed E-state index contributed by atoms with van der Waals surface area (Å²) in [4.78, 5) is 25.1. The number of nitrogens with zero attached hydrogens (tertiary/aromatic N) is 3. The molecule has 1 atom stereocenters. The van der Waals surface area contributed by atoms with Gasteiger partial charge in [-0.1, -0.05) is 41.4 Å². The smallest absolute Gasteiger partial charge is 0.255 e. The van der Waals surface area contributed by atoms with E-state index < -0.39 is 0 Å². The number of anilines is 1. The lowest BCUT2D eigenvalue weighted by atomic mass is 9.99. The predicted molar refractivity (Wildman–Crippen MR) is 145 cm³/mol. The zero-order valence-electron chi connectivity index (χ0n) is 20.1. The van der Waals surface area contributed by atoms with Crippen LogP contribution in [-0.4, -0.2) is 35.6 Å². The van der Waals surface area contributed by atoms with Gasteiger partial charge >= 0.3 is 0 Å². The van der Waals surface area contributed by atoms with Gasteiger partial charge in [-0.15, -0.1) is 0 Å². The Morgan fingerprint density at radius 2 is 1.83 bits per heavy atom. The number of pyridine rings is 2. The van der Waals surface area contributed by atoms with Gasteiger partial charge in [0.2, 0.25) is 0 Å². The summed E-state index contributed by atoms with van der Waals surface area (Å²) >= 11 is 12.6. The number of fused-ring (bicyclic) bond motifs is 2. The highest BCUT2D eigenvalue weighted by Gasteiger charge is 2.26. The van der Waals surface area contributed by atoms with Gasteiger partial charge in [-0.2, -0.15) is 0 Å². The topological polar surface area (TPSA) is 67.4 Å². The molecule has 0 saturated heterocycles. The van der Waals surface area contributed by atoms with E-state index in [2.05, 4.69) is 29.0 Å². The quantitative estimate of drug-likeness (QED) is 0.306. The third-order valence-electron chi connectivity index (χ3n) is 6.51. The van der Waals surface area contributed by atoms with Gasteiger partial charge in [0.05, 0.1) is 29.4 Å². The highest BCUT2D eigenvalue weighted by molar-refractivity contribution is 6.35. The van der Waals surface area contributed by atoms with Crippen molar-refractivity contribution < 1.29 is 9.53 Å². The van der Waals surface area contributed by atoms with E-state index in [-0.39, 0.29) is 11.9 Å². The molecule has 2 aromatic carbocycles. The van der Waals surface area contributed by atoms with E-state index in [1.807, 2.05) is 36.4 Å². The number of halogens is 2. The van der Waals surface area contributed by atoms with Crippen molar-refractivity contribution >= 4 is 45.7 Å². The first-order valence-electron chi connectivity index (χ1n) is 12.0. The molecule has 0 saturated carbocycles. The first-order chi connectivity index (χ1) is 17.5. The summed E-state index contributed by atoms with van der Waals surface area (Å²) in [5.74, 6) is 0.632. The Kier molecular flexibility index (Phi) is 6.99. The molecule has 1 amide bonds. The minimum Gasteiger partial charge on any atom is -0.493 e. The SMILES string of the molecule is CCN(CC)c1c(C(=O)N[C@H]2CCOc3ccccc32)cnc2c(-c3cc(Cl)cc(Cl)c3)cncc12. The lowest BCUT2D eigenvalue weighted by Crippen LogP contribution is -2.34. The third kappa shape index (κ3) is 4.59. The van der Waals surface area contributed by atoms with Crippen LogP contribution in [0.1, 0.15) is 42.2 Å². The van der Waals surface area contributed by atoms with Gasteiger partial charge in [0.25, 0.3) is 5.91 Å². The molecule has 1 N–H and O–H groups in total. The molecule has 3 heterocycles. The monoisotopic (exact) mass is 520 g/mol. The number of carbonyl (C=O) groups is 1. The zero-order chi connectivity index (χ0) is 25.2. The molecule has 0 unspecified atom stereocenters. The molecule has 184 valence electrons. The van der Waals surface area contributed by atoms with E-state index in [0.717, 1.165) is 52.1 Å². The highest BCUT2D eigenvalue weighted by atomic mass is 35.5. The largest absolute Gasteiger partial charge is 0.493 e. The van der Waals surface area contributed by atoms with E-state index in [4.69, 9.17) is 32.9 Å². The predicted octanol–water partition coefficient (Wildman–Crippen LogP) is 6.70. The van der Waals surface area contributed by atoms with Crippen molar-refractivity contribution in [1.29, 1.82) is 0 Å². The lowest BCUT2D eigenvalue weighted by molar-refractivity contribution is 0.0925. The van der Waals surface area contributed by atoms with Crippen molar-refractivity contribution in [2.45, 2.75) is 26.3 Å². The molecule has 6 nitrogen and oxygen atoms in total. The molecule has 0 aliphatic carbocycles. The fourth-order valence-corrected chi connectivity index (χ4v) is 5.32. The summed E-state index contributed by atoms with van der Waals surface area (Å²) < 4.78 is 5.77. The molecule has 0 bridgehead atoms. The summed E-state index contributed by atoms with van der Waals surface area (Å²) in [6.07, 6.45) is 5.88. The average molecular weight is 521 g/mol. The number of ether oxygens (including phenoxy) is 1. The number of amides is 1. The number of rotatable bonds is 6. The molecule has 0 radical (unpaired) electrons. The Hall–Kier alpha value is -3.35. The number of benzene rings is 2. The first kappa shape index (κ1) is 24.3. The van der Waals surface area contributed by atoms with Crippen LogP contribution in [0, 0.1) is 0 Å². The summed E-state index contributed by atoms with van der Waals surface area (Å²) in [5.41, 5.74) is 4.66. The van der Waals surface area contributed by atoms with E-state index in [1.165, 1.54) is 0 Å². The lowest BCUT2D eigenvalue weighted by Gasteiger charge is -2.29. The standard InChI is InChI=1S/C28H26Cl2N4O2/c1-3-34(4-2)27-22-15-31-14-21(17-11-18(29)13-19(30)12-17)26(22)32-16-23(27)28(35)33-24-9-10-36-25-8-6-5-7-20(24)25/h5-8,11-16,24H,3-4,9-10H2,1-2H3,(H,33,35)/t24-/m0/s1. The number of hydrogen-bond donors (Lipinski definition) is 1. The van der Waals surface area contributed by atoms with Crippen molar-refractivity contribution in [1.82, 2.24) is 15.3 Å². The summed E-state index contributed by atoms with van der Waals surface area (Å²) in [7, 11) is 0. The molecule has 36 heavy (non-hydrogen) atoms. The Balaban J connectivity index is 1.61. The second-order valence-electron chi connectivity index (χ2n) is 8.64. The summed E-state index contributed by atoms with van der Waals surface area (Å²) in [5, 5.41) is 5.09. The maximum Gasteiger partial charge on any atom is 0.255 e. The molecule has 5 rings (SSSR count). The Morgan fingerprint density at radius 3 is 2.58 bits per heavy atom. The van der Waals surface area contributed by atoms with Crippen LogP contribution in [0.5, 0.6) is 5.75 Å². The Bertz CT molecular complexity index is 1420. The van der Waals surface area contributed by atoms with Crippen molar-refractivity contribution in [3.05, 3.63) is 82.2 Å². The van der Waals surface area contributed by atoms with Crippen LogP contribution >= 0.6 is 23.2 Å². The van der Waals surface area contributed by atoms with E-state index >= 15 is 0 Å². The van der Waals surface area contributed by atoms with Crippen molar-refractivity contribution in [2.24, 2.45) is 0 Å². The number of carbonyl (C=O) groups excluding carboxylic acids is 1. The van der Waals surface area contributed by atoms with Gasteiger partial charge in [0, 0.05) is 64.7 Å². The van der Waals surface area contributed by atoms with Crippen LogP contribution in [0.3, 0.4) is 0 Å². The van der Waals surface area contributed by atoms with Crippen LogP contribution in [0.25, 0.3) is 22.0 Å². The number of aromatic nitrogens is 2. The van der Waals surface area contributed by atoms with E-state index in [0.29, 0.717) is 28.6 Å². The second-order valence-corrected chi connectivity index (χ2v) is 9.51. The Morgan fingerprint density at radius 1 is 1.08 bits per heavy atom. The molecule has 0 fully saturated rings. The molecule has 4 aromatic rings. The second kappa shape index (κ2) is 10.3. The molecule has 8 heteroatoms. The summed E-state index contributed by atoms with van der Waals surface area (Å²) in [6.45, 7) is 6.14. The van der Waals surface area contributed by atoms with Gasteiger partial charge in [0.1, 0.15) is 5.75 Å². The minimum atomic E-state index is -0.177. The molecule has 1 aliphatic rings. The molecular weight excluding hydrogens is 495 g/mol. The van der Waals surface area contributed by atoms with Gasteiger partial charge in [-0.3, -0.25) is 14.8 Å². The normalized spacial score (nSPS) is 14.7. The number of hydrogen-bond acceptors (Lipinski definition) is 5. The number of nitrogens with one attached hydrogen (secondary N) is 1. The molecule has 2 aromatic heterocycles. The maximum atomic E-state index is 13.7. The molecule has 0 spiro atoms. The number of para-hydroxylation sites is 1. The van der Waals surface area contributed by atoms with Crippen LogP contribution in [-0.2, 0) is 0 Å². The van der Waals surface area contributed by atoms with Crippen molar-refractivity contribution in [2.75, 3.05) is 24.6 Å². The summed E-state index contributed by atoms with van der Waals surface area (Å²) in [6, 6.07) is 13.1. The van der Waals surface area contributed by atoms with E-state index in [1.54, 1.807) is 24.7 Å². The van der Waals surface area contributed by atoms with Gasteiger partial charge < -0.3 is 15.0 Å². The average Bonchev–Trinajstić information content (AvgIpc) is 2.88. The van der Waals surface area contributed by atoms with Crippen molar-refractivity contribution in [3.8, 4) is 16.9 Å². The fraction of sp³-hybridized carbons (Fsp3) is 0.250. The van der Waals surface area contributed by atoms with Crippen LogP contribution in [0.4, 0.5) is 5.69 Å². The molecular formula is C28H26Cl2N4O2. The third-order valence-corrected chi connectivity index (χ3v) is 6.95. The van der Waals surface area contributed by atoms with Crippen LogP contribution in [0.2, 0.25) is 10.0 Å². The minimum absolute atomic E-state index is 0.138. The van der Waals surface area contributed by atoms with Crippen LogP contribution < -0.4 is 15.0 Å². The van der Waals surface area contributed by atoms with Gasteiger partial charge in [-0.05, 0) is 43.7 Å². The van der Waals surface area contributed by atoms with E-state index in [9.17, 15) is 4.79 Å². The fourth-order valence-electron chi connectivity index (χ4n) is 4.80. The van der Waals surface area contributed by atoms with Crippen LogP contribution in [0.15, 0.2) is 61.1 Å². The highest BCUT2D eigenvalue weighted by Crippen LogP contribution is 2.37.